The number of aryl methyl sites for hydroxylation is 2. The third kappa shape index (κ3) is 8.60. The third-order valence-electron chi connectivity index (χ3n) is 10.8. The van der Waals surface area contributed by atoms with Gasteiger partial charge in [-0.2, -0.15) is 13.0 Å². The van der Waals surface area contributed by atoms with Crippen LogP contribution in [0.3, 0.4) is 0 Å². The lowest BCUT2D eigenvalue weighted by atomic mass is 9.80. The van der Waals surface area contributed by atoms with E-state index in [9.17, 15) is 17.8 Å². The number of fused-ring (bicyclic) bond motifs is 2. The number of hydrogen-bond donors (Lipinski definition) is 3. The van der Waals surface area contributed by atoms with Crippen LogP contribution in [-0.2, 0) is 35.1 Å². The predicted octanol–water partition coefficient (Wildman–Crippen LogP) is 10.3. The minimum Gasteiger partial charge on any atom is -0.481 e. The van der Waals surface area contributed by atoms with Crippen LogP contribution in [0.15, 0.2) is 80.2 Å². The Morgan fingerprint density at radius 3 is 2.41 bits per heavy atom. The second-order valence-corrected chi connectivity index (χ2v) is 18.0. The van der Waals surface area contributed by atoms with Crippen LogP contribution in [-0.4, -0.2) is 52.7 Å². The molecule has 0 spiro atoms. The molecule has 2 aromatic carbocycles. The number of rotatable bonds is 15. The number of allylic oxidation sites excluding steroid dienone is 8. The summed E-state index contributed by atoms with van der Waals surface area (Å²) in [6, 6.07) is 7.19. The Kier molecular flexibility index (Phi) is 13.1. The van der Waals surface area contributed by atoms with Crippen molar-refractivity contribution in [2.24, 2.45) is 0 Å². The van der Waals surface area contributed by atoms with Gasteiger partial charge < -0.3 is 10.0 Å². The first-order valence-corrected chi connectivity index (χ1v) is 21.0. The molecule has 292 valence electrons. The van der Waals surface area contributed by atoms with Gasteiger partial charge in [-0.25, -0.2) is 5.26 Å². The summed E-state index contributed by atoms with van der Waals surface area (Å²) in [7, 11) is -4.42. The maximum absolute atomic E-state index is 12.2. The van der Waals surface area contributed by atoms with Gasteiger partial charge in [0.2, 0.25) is 5.69 Å². The van der Waals surface area contributed by atoms with Crippen LogP contribution in [0.5, 0.6) is 0 Å². The zero-order chi connectivity index (χ0) is 39.6. The van der Waals surface area contributed by atoms with E-state index in [1.165, 1.54) is 23.0 Å². The first-order valence-electron chi connectivity index (χ1n) is 18.5. The molecule has 0 aromatic heterocycles. The lowest BCUT2D eigenvalue weighted by Crippen LogP contribution is -2.28. The lowest BCUT2D eigenvalue weighted by molar-refractivity contribution is -0.438. The number of aliphatic carboxylic acids is 1. The fourth-order valence-electron chi connectivity index (χ4n) is 8.18. The van der Waals surface area contributed by atoms with Crippen LogP contribution in [0, 0.1) is 13.8 Å². The van der Waals surface area contributed by atoms with Gasteiger partial charge in [0.1, 0.15) is 6.54 Å². The first kappa shape index (κ1) is 41.9. The quantitative estimate of drug-likeness (QED) is 0.0399. The Bertz CT molecular complexity index is 2080. The largest absolute Gasteiger partial charge is 0.481 e. The lowest BCUT2D eigenvalue weighted by Gasteiger charge is -2.27. The zero-order valence-electron chi connectivity index (χ0n) is 32.2. The molecule has 1 aliphatic carbocycles. The Hall–Kier alpha value is -3.23. The van der Waals surface area contributed by atoms with Gasteiger partial charge in [0.15, 0.2) is 5.71 Å². The second-order valence-electron chi connectivity index (χ2n) is 15.4. The van der Waals surface area contributed by atoms with Crippen molar-refractivity contribution < 1.29 is 42.1 Å². The van der Waals surface area contributed by atoms with Crippen molar-refractivity contribution in [3.63, 3.8) is 0 Å². The third-order valence-corrected chi connectivity index (χ3v) is 12.7. The number of nitrogens with zero attached hydrogens (tertiary/aromatic N) is 2. The average molecular weight is 800 g/mol. The predicted molar refractivity (Wildman–Crippen MR) is 214 cm³/mol. The fraction of sp³-hybridized carbons (Fsp3) is 0.463. The molecule has 2 aromatic rings. The standard InChI is InChI=1S/C41H51ClN2O8S2/c1-8-20-43-34(40(4,5)32-24-30(53-52-51-47)22-26(2)38(32)43)18-16-28-13-12-14-29(37(28)42)17-19-35-41(6,7)33-25-31(54(48,49)50)23-27(3)39(33)44(35)21-11-9-10-15-36(45)46/h16-19,22-25H,8-15,20-21H2,1-7H3,(H2-,45,46,47,48,49,50)/p+1. The summed E-state index contributed by atoms with van der Waals surface area (Å²) in [6.07, 6.45) is 14.3. The monoisotopic (exact) mass is 799 g/mol. The van der Waals surface area contributed by atoms with E-state index < -0.39 is 21.5 Å². The van der Waals surface area contributed by atoms with E-state index in [1.54, 1.807) is 6.07 Å². The molecule has 0 saturated carbocycles. The van der Waals surface area contributed by atoms with Crippen molar-refractivity contribution in [3.05, 3.63) is 92.7 Å². The highest BCUT2D eigenvalue weighted by atomic mass is 35.5. The molecule has 0 fully saturated rings. The minimum absolute atomic E-state index is 0.117. The number of benzene rings is 2. The van der Waals surface area contributed by atoms with Gasteiger partial charge in [-0.3, -0.25) is 9.35 Å². The van der Waals surface area contributed by atoms with Crippen molar-refractivity contribution in [1.29, 1.82) is 0 Å². The molecule has 0 unspecified atom stereocenters. The summed E-state index contributed by atoms with van der Waals surface area (Å²) in [5.74, 6) is -0.811. The summed E-state index contributed by atoms with van der Waals surface area (Å²) >= 11 is 8.17. The molecule has 10 nitrogen and oxygen atoms in total. The van der Waals surface area contributed by atoms with Gasteiger partial charge in [0.25, 0.3) is 10.1 Å². The Morgan fingerprint density at radius 1 is 1.00 bits per heavy atom. The van der Waals surface area contributed by atoms with Gasteiger partial charge in [-0.15, -0.1) is 4.33 Å². The number of carboxylic acid groups (broad SMARTS) is 1. The minimum atomic E-state index is -4.42. The SMILES string of the molecule is CCC[N+]1=C(/C=C/C2=C(Cl)C(=C/C=C3/N(CCCCCC(=O)O)c4c(C)cc(S(=O)(=O)O)cc4C3(C)C)/CCC2)C(C)(C)c2cc(SOOO)cc(C)c21. The average Bonchev–Trinajstić information content (AvgIpc) is 3.44. The first-order chi connectivity index (χ1) is 25.4. The van der Waals surface area contributed by atoms with Gasteiger partial charge in [0, 0.05) is 63.3 Å². The number of anilines is 1. The smallest absolute Gasteiger partial charge is 0.303 e. The van der Waals surface area contributed by atoms with Crippen molar-refractivity contribution in [2.45, 2.75) is 120 Å². The number of carboxylic acids is 1. The van der Waals surface area contributed by atoms with E-state index >= 15 is 0 Å². The number of hydrogen-bond acceptors (Lipinski definition) is 8. The highest BCUT2D eigenvalue weighted by molar-refractivity contribution is 7.94. The molecule has 3 aliphatic rings. The number of unbranched alkanes of at least 4 members (excludes halogenated alkanes) is 2. The summed E-state index contributed by atoms with van der Waals surface area (Å²) in [6.45, 7) is 16.1. The van der Waals surface area contributed by atoms with E-state index in [1.807, 2.05) is 13.0 Å². The van der Waals surface area contributed by atoms with Crippen molar-refractivity contribution in [2.75, 3.05) is 18.0 Å². The Morgan fingerprint density at radius 2 is 1.74 bits per heavy atom. The molecule has 3 N–H and O–H groups in total. The zero-order valence-corrected chi connectivity index (χ0v) is 34.6. The van der Waals surface area contributed by atoms with Crippen LogP contribution in [0.4, 0.5) is 11.4 Å². The molecule has 5 rings (SSSR count). The number of carbonyl (C=O) groups is 1. The highest BCUT2D eigenvalue weighted by Gasteiger charge is 2.46. The molecular formula is C41H52ClN2O8S2+. The van der Waals surface area contributed by atoms with E-state index in [0.29, 0.717) is 13.0 Å². The Balaban J connectivity index is 1.51. The van der Waals surface area contributed by atoms with Gasteiger partial charge in [-0.05, 0) is 112 Å². The Labute approximate surface area is 328 Å². The molecule has 0 amide bonds. The van der Waals surface area contributed by atoms with E-state index in [2.05, 4.69) is 86.4 Å². The molecule has 0 saturated heterocycles. The van der Waals surface area contributed by atoms with E-state index in [0.717, 1.165) is 106 Å². The normalized spacial score (nSPS) is 19.5. The molecule has 0 atom stereocenters. The van der Waals surface area contributed by atoms with E-state index in [4.69, 9.17) is 26.3 Å². The highest BCUT2D eigenvalue weighted by Crippen LogP contribution is 2.51. The van der Waals surface area contributed by atoms with Crippen LogP contribution in [0.2, 0.25) is 0 Å². The molecule has 54 heavy (non-hydrogen) atoms. The maximum Gasteiger partial charge on any atom is 0.303 e. The fourth-order valence-corrected chi connectivity index (χ4v) is 9.59. The molecular weight excluding hydrogens is 748 g/mol. The van der Waals surface area contributed by atoms with Gasteiger partial charge in [-0.1, -0.05) is 56.0 Å². The van der Waals surface area contributed by atoms with Crippen LogP contribution in [0.1, 0.15) is 108 Å². The summed E-state index contributed by atoms with van der Waals surface area (Å²) in [5.41, 5.74) is 9.22. The van der Waals surface area contributed by atoms with Crippen LogP contribution >= 0.6 is 23.6 Å². The van der Waals surface area contributed by atoms with Gasteiger partial charge in [0.05, 0.1) is 22.4 Å². The van der Waals surface area contributed by atoms with Gasteiger partial charge >= 0.3 is 5.97 Å². The summed E-state index contributed by atoms with van der Waals surface area (Å²) in [4.78, 5) is 14.0. The van der Waals surface area contributed by atoms with Crippen LogP contribution in [0.25, 0.3) is 0 Å². The number of halogens is 1. The summed E-state index contributed by atoms with van der Waals surface area (Å²) < 4.78 is 41.5. The molecule has 0 bridgehead atoms. The molecule has 13 heteroatoms. The molecule has 0 radical (unpaired) electrons. The van der Waals surface area contributed by atoms with Crippen LogP contribution < -0.4 is 4.90 Å². The van der Waals surface area contributed by atoms with Crippen molar-refractivity contribution >= 4 is 56.8 Å². The van der Waals surface area contributed by atoms with E-state index in [-0.39, 0.29) is 16.7 Å². The van der Waals surface area contributed by atoms with Crippen molar-refractivity contribution in [1.82, 2.24) is 0 Å². The molecule has 2 aliphatic heterocycles. The maximum atomic E-state index is 12.2. The van der Waals surface area contributed by atoms with Crippen molar-refractivity contribution in [3.8, 4) is 0 Å². The topological polar surface area (TPSA) is 137 Å². The summed E-state index contributed by atoms with van der Waals surface area (Å²) in [5, 5.41) is 22.4. The molecule has 2 heterocycles. The second kappa shape index (κ2) is 16.9.